The number of amides is 1. The number of primary amides is 1. The summed E-state index contributed by atoms with van der Waals surface area (Å²) >= 11 is 6.13. The lowest BCUT2D eigenvalue weighted by Crippen LogP contribution is -2.06. The SMILES string of the molecule is Cc1cc(Cl)c2c(c1)C(=CC(N)=O)CC2. The Bertz CT molecular complexity index is 463. The third-order valence-corrected chi connectivity index (χ3v) is 2.98. The van der Waals surface area contributed by atoms with Gasteiger partial charge in [-0.3, -0.25) is 4.79 Å². The summed E-state index contributed by atoms with van der Waals surface area (Å²) in [7, 11) is 0. The molecule has 1 aromatic rings. The third-order valence-electron chi connectivity index (χ3n) is 2.65. The first kappa shape index (κ1) is 10.2. The zero-order chi connectivity index (χ0) is 11.0. The van der Waals surface area contributed by atoms with Crippen LogP contribution in [-0.2, 0) is 11.2 Å². The van der Waals surface area contributed by atoms with Crippen LogP contribution in [-0.4, -0.2) is 5.91 Å². The molecule has 1 aromatic carbocycles. The Balaban J connectivity index is 2.55. The molecule has 1 amide bonds. The van der Waals surface area contributed by atoms with Crippen molar-refractivity contribution in [3.05, 3.63) is 39.9 Å². The van der Waals surface area contributed by atoms with E-state index in [0.717, 1.165) is 40.1 Å². The predicted molar refractivity (Wildman–Crippen MR) is 61.7 cm³/mol. The molecule has 0 heterocycles. The Labute approximate surface area is 93.7 Å². The Morgan fingerprint density at radius 2 is 2.20 bits per heavy atom. The molecular weight excluding hydrogens is 210 g/mol. The average Bonchev–Trinajstić information content (AvgIpc) is 2.48. The molecule has 0 fully saturated rings. The van der Waals surface area contributed by atoms with E-state index in [1.807, 2.05) is 13.0 Å². The van der Waals surface area contributed by atoms with E-state index in [1.54, 1.807) is 0 Å². The van der Waals surface area contributed by atoms with Gasteiger partial charge in [-0.25, -0.2) is 0 Å². The van der Waals surface area contributed by atoms with E-state index in [0.29, 0.717) is 0 Å². The normalized spacial score (nSPS) is 16.8. The maximum Gasteiger partial charge on any atom is 0.241 e. The number of hydrogen-bond acceptors (Lipinski definition) is 1. The number of allylic oxidation sites excluding steroid dienone is 1. The van der Waals surface area contributed by atoms with Gasteiger partial charge in [-0.05, 0) is 48.1 Å². The predicted octanol–water partition coefficient (Wildman–Crippen LogP) is 2.46. The summed E-state index contributed by atoms with van der Waals surface area (Å²) in [4.78, 5) is 10.8. The van der Waals surface area contributed by atoms with Gasteiger partial charge in [0, 0.05) is 11.1 Å². The van der Waals surface area contributed by atoms with Crippen LogP contribution < -0.4 is 5.73 Å². The van der Waals surface area contributed by atoms with Crippen LogP contribution in [0.5, 0.6) is 0 Å². The minimum atomic E-state index is -0.393. The molecule has 1 aliphatic carbocycles. The fraction of sp³-hybridized carbons (Fsp3) is 0.250. The van der Waals surface area contributed by atoms with E-state index in [2.05, 4.69) is 6.07 Å². The van der Waals surface area contributed by atoms with E-state index in [1.165, 1.54) is 6.08 Å². The monoisotopic (exact) mass is 221 g/mol. The van der Waals surface area contributed by atoms with Crippen molar-refractivity contribution < 1.29 is 4.79 Å². The van der Waals surface area contributed by atoms with Crippen molar-refractivity contribution in [2.24, 2.45) is 5.73 Å². The zero-order valence-corrected chi connectivity index (χ0v) is 9.27. The molecule has 0 aliphatic heterocycles. The molecule has 2 N–H and O–H groups in total. The molecule has 0 saturated carbocycles. The molecule has 2 rings (SSSR count). The van der Waals surface area contributed by atoms with E-state index in [4.69, 9.17) is 17.3 Å². The number of aryl methyl sites for hydroxylation is 1. The summed E-state index contributed by atoms with van der Waals surface area (Å²) in [6.45, 7) is 1.99. The number of fused-ring (bicyclic) bond motifs is 1. The average molecular weight is 222 g/mol. The summed E-state index contributed by atoms with van der Waals surface area (Å²) in [5.74, 6) is -0.393. The second-order valence-corrected chi connectivity index (χ2v) is 4.25. The molecule has 0 saturated heterocycles. The van der Waals surface area contributed by atoms with Gasteiger partial charge in [0.05, 0.1) is 0 Å². The van der Waals surface area contributed by atoms with Crippen molar-refractivity contribution >= 4 is 23.1 Å². The fourth-order valence-electron chi connectivity index (χ4n) is 2.03. The van der Waals surface area contributed by atoms with Gasteiger partial charge >= 0.3 is 0 Å². The van der Waals surface area contributed by atoms with Gasteiger partial charge in [0.1, 0.15) is 0 Å². The summed E-state index contributed by atoms with van der Waals surface area (Å²) < 4.78 is 0. The van der Waals surface area contributed by atoms with Crippen LogP contribution in [0.3, 0.4) is 0 Å². The molecule has 2 nitrogen and oxygen atoms in total. The summed E-state index contributed by atoms with van der Waals surface area (Å²) in [5, 5.41) is 0.790. The molecule has 15 heavy (non-hydrogen) atoms. The third kappa shape index (κ3) is 1.90. The number of carbonyl (C=O) groups is 1. The molecular formula is C12H12ClNO. The fourth-order valence-corrected chi connectivity index (χ4v) is 2.40. The van der Waals surface area contributed by atoms with Crippen molar-refractivity contribution in [1.82, 2.24) is 0 Å². The summed E-state index contributed by atoms with van der Waals surface area (Å²) in [5.41, 5.74) is 9.48. The number of rotatable bonds is 1. The van der Waals surface area contributed by atoms with Crippen LogP contribution in [0.1, 0.15) is 23.1 Å². The molecule has 0 unspecified atom stereocenters. The quantitative estimate of drug-likeness (QED) is 0.728. The van der Waals surface area contributed by atoms with Gasteiger partial charge in [0.25, 0.3) is 0 Å². The van der Waals surface area contributed by atoms with Crippen LogP contribution in [0, 0.1) is 6.92 Å². The van der Waals surface area contributed by atoms with E-state index < -0.39 is 5.91 Å². The number of nitrogens with two attached hydrogens (primary N) is 1. The van der Waals surface area contributed by atoms with Crippen LogP contribution in [0.2, 0.25) is 5.02 Å². The first-order chi connectivity index (χ1) is 7.08. The van der Waals surface area contributed by atoms with Gasteiger partial charge in [-0.2, -0.15) is 0 Å². The molecule has 0 spiro atoms. The van der Waals surface area contributed by atoms with Crippen LogP contribution >= 0.6 is 11.6 Å². The molecule has 0 atom stereocenters. The maximum absolute atomic E-state index is 10.8. The molecule has 0 bridgehead atoms. The lowest BCUT2D eigenvalue weighted by atomic mass is 10.0. The van der Waals surface area contributed by atoms with Gasteiger partial charge in [0.15, 0.2) is 0 Å². The highest BCUT2D eigenvalue weighted by atomic mass is 35.5. The number of carbonyl (C=O) groups excluding carboxylic acids is 1. The second kappa shape index (κ2) is 3.70. The number of hydrogen-bond donors (Lipinski definition) is 1. The molecule has 0 aromatic heterocycles. The summed E-state index contributed by atoms with van der Waals surface area (Å²) in [6, 6.07) is 4.01. The molecule has 0 radical (unpaired) electrons. The standard InChI is InChI=1S/C12H12ClNO/c1-7-4-10-8(6-12(14)15)2-3-9(10)11(13)5-7/h4-6H,2-3H2,1H3,(H2,14,15). The van der Waals surface area contributed by atoms with Crippen molar-refractivity contribution in [2.75, 3.05) is 0 Å². The van der Waals surface area contributed by atoms with Gasteiger partial charge in [0.2, 0.25) is 5.91 Å². The second-order valence-electron chi connectivity index (χ2n) is 3.84. The molecule has 78 valence electrons. The van der Waals surface area contributed by atoms with E-state index in [-0.39, 0.29) is 0 Å². The topological polar surface area (TPSA) is 43.1 Å². The summed E-state index contributed by atoms with van der Waals surface area (Å²) in [6.07, 6.45) is 3.25. The molecule has 3 heteroatoms. The Kier molecular flexibility index (Phi) is 2.53. The van der Waals surface area contributed by atoms with Crippen LogP contribution in [0.4, 0.5) is 0 Å². The smallest absolute Gasteiger partial charge is 0.241 e. The first-order valence-electron chi connectivity index (χ1n) is 4.87. The first-order valence-corrected chi connectivity index (χ1v) is 5.25. The van der Waals surface area contributed by atoms with Gasteiger partial charge in [-0.15, -0.1) is 0 Å². The van der Waals surface area contributed by atoms with Crippen molar-refractivity contribution in [2.45, 2.75) is 19.8 Å². The lowest BCUT2D eigenvalue weighted by molar-refractivity contribution is -0.113. The Hall–Kier alpha value is -1.28. The largest absolute Gasteiger partial charge is 0.366 e. The molecule has 1 aliphatic rings. The Morgan fingerprint density at radius 1 is 1.47 bits per heavy atom. The number of benzene rings is 1. The van der Waals surface area contributed by atoms with Crippen LogP contribution in [0.25, 0.3) is 5.57 Å². The highest BCUT2D eigenvalue weighted by Crippen LogP contribution is 2.37. The van der Waals surface area contributed by atoms with Crippen molar-refractivity contribution in [3.63, 3.8) is 0 Å². The van der Waals surface area contributed by atoms with Crippen LogP contribution in [0.15, 0.2) is 18.2 Å². The Morgan fingerprint density at radius 3 is 2.87 bits per heavy atom. The van der Waals surface area contributed by atoms with Crippen molar-refractivity contribution in [1.29, 1.82) is 0 Å². The highest BCUT2D eigenvalue weighted by Gasteiger charge is 2.19. The maximum atomic E-state index is 10.8. The van der Waals surface area contributed by atoms with Gasteiger partial charge < -0.3 is 5.73 Å². The highest BCUT2D eigenvalue weighted by molar-refractivity contribution is 6.31. The van der Waals surface area contributed by atoms with Gasteiger partial charge in [-0.1, -0.05) is 17.7 Å². The van der Waals surface area contributed by atoms with E-state index >= 15 is 0 Å². The minimum absolute atomic E-state index is 0.393. The van der Waals surface area contributed by atoms with E-state index in [9.17, 15) is 4.79 Å². The number of halogens is 1. The van der Waals surface area contributed by atoms with Crippen molar-refractivity contribution in [3.8, 4) is 0 Å². The lowest BCUT2D eigenvalue weighted by Gasteiger charge is -2.04. The zero-order valence-electron chi connectivity index (χ0n) is 8.51. The minimum Gasteiger partial charge on any atom is -0.366 e.